The third kappa shape index (κ3) is 8.62. The van der Waals surface area contributed by atoms with Crippen LogP contribution in [0.5, 0.6) is 0 Å². The Bertz CT molecular complexity index is 885. The van der Waals surface area contributed by atoms with Gasteiger partial charge in [0.2, 0.25) is 0 Å². The molecule has 0 bridgehead atoms. The summed E-state index contributed by atoms with van der Waals surface area (Å²) in [5.41, 5.74) is 5.84. The third-order valence-electron chi connectivity index (χ3n) is 8.73. The Hall–Kier alpha value is -1.86. The highest BCUT2D eigenvalue weighted by Gasteiger charge is 2.23. The maximum Gasteiger partial charge on any atom is 0.0756 e. The maximum atomic E-state index is 6.34. The lowest BCUT2D eigenvalue weighted by molar-refractivity contribution is 0.0332. The van der Waals surface area contributed by atoms with E-state index in [0.29, 0.717) is 12.0 Å². The van der Waals surface area contributed by atoms with Gasteiger partial charge in [0.05, 0.1) is 12.7 Å². The number of unbranched alkanes of at least 4 members (excludes halogenated alkanes) is 2. The Morgan fingerprint density at radius 1 is 0.611 bits per heavy atom. The van der Waals surface area contributed by atoms with E-state index in [9.17, 15) is 0 Å². The van der Waals surface area contributed by atoms with Crippen LogP contribution in [0.15, 0.2) is 60.7 Å². The lowest BCUT2D eigenvalue weighted by Gasteiger charge is -2.30. The van der Waals surface area contributed by atoms with Crippen LogP contribution in [0.1, 0.15) is 113 Å². The van der Waals surface area contributed by atoms with Gasteiger partial charge in [-0.3, -0.25) is 0 Å². The fourth-order valence-electron chi connectivity index (χ4n) is 6.24. The summed E-state index contributed by atoms with van der Waals surface area (Å²) < 4.78 is 6.34. The molecule has 1 fully saturated rings. The van der Waals surface area contributed by atoms with E-state index in [1.165, 1.54) is 92.9 Å². The average Bonchev–Trinajstić information content (AvgIpc) is 2.93. The Morgan fingerprint density at radius 3 is 1.81 bits per heavy atom. The van der Waals surface area contributed by atoms with Crippen molar-refractivity contribution < 1.29 is 4.74 Å². The third-order valence-corrected chi connectivity index (χ3v) is 8.73. The molecule has 2 aromatic rings. The van der Waals surface area contributed by atoms with Crippen LogP contribution in [0.3, 0.4) is 0 Å². The molecule has 0 aromatic heterocycles. The molecule has 2 atom stereocenters. The highest BCUT2D eigenvalue weighted by Crippen LogP contribution is 2.33. The van der Waals surface area contributed by atoms with Crippen molar-refractivity contribution in [2.24, 2.45) is 11.8 Å². The van der Waals surface area contributed by atoms with Crippen LogP contribution in [-0.2, 0) is 24.0 Å². The number of benzene rings is 2. The van der Waals surface area contributed by atoms with E-state index in [4.69, 9.17) is 4.74 Å². The van der Waals surface area contributed by atoms with E-state index < -0.39 is 0 Å². The first-order valence-corrected chi connectivity index (χ1v) is 15.2. The SMILES string of the molecule is CCCCCc1ccc(CCc2ccc(C3C=CC(OCC4CCC(CCC)CC4)CC3)cc2)cc1. The molecule has 0 aliphatic heterocycles. The molecular formula is C35H50O. The van der Waals surface area contributed by atoms with Gasteiger partial charge in [-0.25, -0.2) is 0 Å². The molecule has 0 N–H and O–H groups in total. The molecular weight excluding hydrogens is 436 g/mol. The molecule has 0 spiro atoms. The van der Waals surface area contributed by atoms with E-state index in [1.807, 2.05) is 0 Å². The number of hydrogen-bond donors (Lipinski definition) is 0. The van der Waals surface area contributed by atoms with E-state index in [2.05, 4.69) is 74.5 Å². The minimum atomic E-state index is 0.326. The standard InChI is InChI=1S/C35H50O/c1-3-5-6-8-29-9-11-30(12-10-29)13-14-31-19-21-33(22-20-31)34-23-25-35(26-24-34)36-27-32-17-15-28(7-4-2)16-18-32/h9-12,19-23,25,28,32,34-35H,3-8,13-18,24,26-27H2,1-2H3. The topological polar surface area (TPSA) is 9.23 Å². The van der Waals surface area contributed by atoms with Gasteiger partial charge in [0, 0.05) is 5.92 Å². The van der Waals surface area contributed by atoms with Gasteiger partial charge in [-0.15, -0.1) is 0 Å². The van der Waals surface area contributed by atoms with Crippen molar-refractivity contribution in [2.45, 2.75) is 116 Å². The first-order valence-electron chi connectivity index (χ1n) is 15.2. The van der Waals surface area contributed by atoms with Crippen LogP contribution in [-0.4, -0.2) is 12.7 Å². The quantitative estimate of drug-likeness (QED) is 0.202. The summed E-state index contributed by atoms with van der Waals surface area (Å²) in [4.78, 5) is 0. The van der Waals surface area contributed by atoms with E-state index in [-0.39, 0.29) is 0 Å². The van der Waals surface area contributed by atoms with Gasteiger partial charge in [0.15, 0.2) is 0 Å². The van der Waals surface area contributed by atoms with Crippen molar-refractivity contribution in [3.8, 4) is 0 Å². The highest BCUT2D eigenvalue weighted by atomic mass is 16.5. The summed E-state index contributed by atoms with van der Waals surface area (Å²) in [5.74, 6) is 2.32. The lowest BCUT2D eigenvalue weighted by atomic mass is 9.80. The van der Waals surface area contributed by atoms with Crippen LogP contribution in [0.2, 0.25) is 0 Å². The summed E-state index contributed by atoms with van der Waals surface area (Å²) in [7, 11) is 0. The van der Waals surface area contributed by atoms with Crippen molar-refractivity contribution >= 4 is 0 Å². The number of rotatable bonds is 13. The molecule has 2 aliphatic carbocycles. The Labute approximate surface area is 221 Å². The van der Waals surface area contributed by atoms with E-state index in [1.54, 1.807) is 0 Å². The van der Waals surface area contributed by atoms with Crippen molar-refractivity contribution in [2.75, 3.05) is 6.61 Å². The highest BCUT2D eigenvalue weighted by molar-refractivity contribution is 5.30. The molecule has 1 heteroatoms. The van der Waals surface area contributed by atoms with Gasteiger partial charge < -0.3 is 4.74 Å². The van der Waals surface area contributed by atoms with E-state index >= 15 is 0 Å². The normalized spacial score (nSPS) is 24.2. The molecule has 2 aromatic carbocycles. The van der Waals surface area contributed by atoms with Crippen molar-refractivity contribution in [1.82, 2.24) is 0 Å². The van der Waals surface area contributed by atoms with Crippen LogP contribution >= 0.6 is 0 Å². The second-order valence-corrected chi connectivity index (χ2v) is 11.6. The van der Waals surface area contributed by atoms with Gasteiger partial charge >= 0.3 is 0 Å². The molecule has 0 amide bonds. The first-order chi connectivity index (χ1) is 17.7. The van der Waals surface area contributed by atoms with Crippen molar-refractivity contribution in [1.29, 1.82) is 0 Å². The molecule has 4 rings (SSSR count). The molecule has 0 radical (unpaired) electrons. The second-order valence-electron chi connectivity index (χ2n) is 11.6. The number of allylic oxidation sites excluding steroid dienone is 1. The van der Waals surface area contributed by atoms with Crippen molar-refractivity contribution in [3.63, 3.8) is 0 Å². The second kappa shape index (κ2) is 14.8. The fraction of sp³-hybridized carbons (Fsp3) is 0.600. The van der Waals surface area contributed by atoms with Gasteiger partial charge in [-0.05, 0) is 85.5 Å². The van der Waals surface area contributed by atoms with Crippen LogP contribution in [0.4, 0.5) is 0 Å². The van der Waals surface area contributed by atoms with Gasteiger partial charge in [-0.1, -0.05) is 113 Å². The molecule has 196 valence electrons. The van der Waals surface area contributed by atoms with Crippen molar-refractivity contribution in [3.05, 3.63) is 82.9 Å². The number of ether oxygens (including phenoxy) is 1. The Balaban J connectivity index is 1.16. The predicted octanol–water partition coefficient (Wildman–Crippen LogP) is 9.63. The largest absolute Gasteiger partial charge is 0.374 e. The number of hydrogen-bond acceptors (Lipinski definition) is 1. The number of aryl methyl sites for hydroxylation is 3. The van der Waals surface area contributed by atoms with Crippen LogP contribution in [0, 0.1) is 11.8 Å². The molecule has 2 unspecified atom stereocenters. The van der Waals surface area contributed by atoms with Gasteiger partial charge in [0.25, 0.3) is 0 Å². The average molecular weight is 487 g/mol. The zero-order valence-corrected chi connectivity index (χ0v) is 23.1. The molecule has 0 heterocycles. The smallest absolute Gasteiger partial charge is 0.0756 e. The summed E-state index contributed by atoms with van der Waals surface area (Å²) in [6, 6.07) is 18.7. The van der Waals surface area contributed by atoms with Crippen LogP contribution in [0.25, 0.3) is 0 Å². The van der Waals surface area contributed by atoms with Gasteiger partial charge in [0.1, 0.15) is 0 Å². The minimum Gasteiger partial charge on any atom is -0.374 e. The van der Waals surface area contributed by atoms with E-state index in [0.717, 1.165) is 37.7 Å². The molecule has 36 heavy (non-hydrogen) atoms. The monoisotopic (exact) mass is 486 g/mol. The summed E-state index contributed by atoms with van der Waals surface area (Å²) >= 11 is 0. The fourth-order valence-corrected chi connectivity index (χ4v) is 6.24. The summed E-state index contributed by atoms with van der Waals surface area (Å²) in [5, 5.41) is 0. The minimum absolute atomic E-state index is 0.326. The Morgan fingerprint density at radius 2 is 1.22 bits per heavy atom. The Kier molecular flexibility index (Phi) is 11.2. The zero-order chi connectivity index (χ0) is 25.0. The molecule has 2 aliphatic rings. The van der Waals surface area contributed by atoms with Crippen LogP contribution < -0.4 is 0 Å². The summed E-state index contributed by atoms with van der Waals surface area (Å²) in [6.45, 7) is 5.56. The zero-order valence-electron chi connectivity index (χ0n) is 23.1. The molecule has 1 saturated carbocycles. The maximum absolute atomic E-state index is 6.34. The van der Waals surface area contributed by atoms with Gasteiger partial charge in [-0.2, -0.15) is 0 Å². The lowest BCUT2D eigenvalue weighted by Crippen LogP contribution is -2.23. The first kappa shape index (κ1) is 27.2. The molecule has 0 saturated heterocycles. The molecule has 1 nitrogen and oxygen atoms in total. The summed E-state index contributed by atoms with van der Waals surface area (Å²) in [6.07, 6.45) is 23.2. The predicted molar refractivity (Wildman–Crippen MR) is 155 cm³/mol.